The largest absolute Gasteiger partial charge is 0.385 e. The molecule has 6 nitrogen and oxygen atoms in total. The normalized spacial score (nSPS) is 24.0. The summed E-state index contributed by atoms with van der Waals surface area (Å²) in [5.74, 6) is 10.3. The molecule has 2 aromatic heterocycles. The van der Waals surface area contributed by atoms with Crippen molar-refractivity contribution in [1.82, 2.24) is 19.6 Å². The van der Waals surface area contributed by atoms with Gasteiger partial charge in [-0.2, -0.15) is 0 Å². The molecule has 1 aliphatic carbocycles. The second-order valence-electron chi connectivity index (χ2n) is 8.19. The molecule has 6 heteroatoms. The zero-order valence-electron chi connectivity index (χ0n) is 16.6. The zero-order valence-corrected chi connectivity index (χ0v) is 16.6. The van der Waals surface area contributed by atoms with Gasteiger partial charge in [0.25, 0.3) is 0 Å². The van der Waals surface area contributed by atoms with Crippen molar-refractivity contribution >= 4 is 0 Å². The number of aliphatic hydroxyl groups is 1. The molecule has 0 spiro atoms. The van der Waals surface area contributed by atoms with Gasteiger partial charge >= 0.3 is 0 Å². The van der Waals surface area contributed by atoms with Gasteiger partial charge in [0.05, 0.1) is 6.54 Å². The minimum Gasteiger partial charge on any atom is -0.385 e. The maximum Gasteiger partial charge on any atom is 0.167 e. The molecule has 0 bridgehead atoms. The fraction of sp³-hybridized carbons (Fsp3) is 0.391. The average Bonchev–Trinajstić information content (AvgIpc) is 3.19. The van der Waals surface area contributed by atoms with E-state index >= 15 is 0 Å². The fourth-order valence-electron chi connectivity index (χ4n) is 4.35. The molecular weight excluding hydrogens is 364 g/mol. The van der Waals surface area contributed by atoms with Crippen LogP contribution in [0, 0.1) is 29.6 Å². The molecule has 2 fully saturated rings. The van der Waals surface area contributed by atoms with E-state index in [0.29, 0.717) is 18.3 Å². The van der Waals surface area contributed by atoms with Crippen molar-refractivity contribution in [2.24, 2.45) is 17.8 Å². The van der Waals surface area contributed by atoms with Crippen LogP contribution in [0.3, 0.4) is 0 Å². The van der Waals surface area contributed by atoms with Crippen molar-refractivity contribution in [3.63, 3.8) is 0 Å². The van der Waals surface area contributed by atoms with Crippen LogP contribution in [-0.4, -0.2) is 44.9 Å². The quantitative estimate of drug-likeness (QED) is 0.696. The van der Waals surface area contributed by atoms with Gasteiger partial charge in [0.15, 0.2) is 5.76 Å². The Hall–Kier alpha value is -2.88. The smallest absolute Gasteiger partial charge is 0.167 e. The minimum atomic E-state index is -0.624. The molecule has 2 aliphatic rings. The number of aromatic nitrogens is 3. The summed E-state index contributed by atoms with van der Waals surface area (Å²) in [7, 11) is 2.19. The SMILES string of the molecule is C[C@H](O)c1nccn1Cc1cc(-c2ccc(C#CC3[C@H]4CN(C)C[C@@H]34)cc2)on1. The van der Waals surface area contributed by atoms with Gasteiger partial charge in [0.2, 0.25) is 0 Å². The van der Waals surface area contributed by atoms with Crippen molar-refractivity contribution in [1.29, 1.82) is 0 Å². The predicted octanol–water partition coefficient (Wildman–Crippen LogP) is 2.80. The third-order valence-corrected chi connectivity index (χ3v) is 5.94. The lowest BCUT2D eigenvalue weighted by Crippen LogP contribution is -2.18. The molecule has 3 heterocycles. The van der Waals surface area contributed by atoms with Gasteiger partial charge in [-0.05, 0) is 50.1 Å². The summed E-state index contributed by atoms with van der Waals surface area (Å²) in [5, 5.41) is 13.9. The molecule has 1 saturated heterocycles. The predicted molar refractivity (Wildman–Crippen MR) is 109 cm³/mol. The standard InChI is InChI=1S/C23H24N4O2/c1-15(28)23-24-9-10-27(23)12-18-11-22(29-25-18)17-6-3-16(4-7-17)5-8-19-20-13-26(2)14-21(19)20/h3-4,6-7,9-11,15,19-21,28H,12-14H2,1-2H3/t15-,19?,20-,21+/m0/s1. The first-order valence-electron chi connectivity index (χ1n) is 10.0. The number of likely N-dealkylation sites (tertiary alicyclic amines) is 1. The monoisotopic (exact) mass is 388 g/mol. The molecule has 1 aromatic carbocycles. The van der Waals surface area contributed by atoms with Crippen molar-refractivity contribution < 1.29 is 9.63 Å². The first kappa shape index (κ1) is 18.2. The number of aliphatic hydroxyl groups excluding tert-OH is 1. The minimum absolute atomic E-state index is 0.506. The molecule has 3 aromatic rings. The lowest BCUT2D eigenvalue weighted by Gasteiger charge is -2.09. The van der Waals surface area contributed by atoms with Gasteiger partial charge in [-0.15, -0.1) is 0 Å². The van der Waals surface area contributed by atoms with Gasteiger partial charge in [-0.3, -0.25) is 0 Å². The van der Waals surface area contributed by atoms with E-state index in [0.717, 1.165) is 34.4 Å². The molecule has 1 N–H and O–H groups in total. The number of imidazole rings is 1. The average molecular weight is 388 g/mol. The molecule has 1 unspecified atom stereocenters. The Morgan fingerprint density at radius 1 is 1.24 bits per heavy atom. The molecule has 5 rings (SSSR count). The second-order valence-corrected chi connectivity index (χ2v) is 8.19. The van der Waals surface area contributed by atoms with Crippen LogP contribution in [-0.2, 0) is 6.54 Å². The maximum absolute atomic E-state index is 9.78. The highest BCUT2D eigenvalue weighted by Gasteiger charge is 2.53. The number of benzene rings is 1. The maximum atomic E-state index is 9.78. The van der Waals surface area contributed by atoms with E-state index in [1.807, 2.05) is 41.1 Å². The molecule has 0 amide bonds. The Labute approximate surface area is 170 Å². The summed E-state index contributed by atoms with van der Waals surface area (Å²) in [6.45, 7) is 4.58. The van der Waals surface area contributed by atoms with E-state index in [9.17, 15) is 5.11 Å². The summed E-state index contributed by atoms with van der Waals surface area (Å²) in [4.78, 5) is 6.58. The van der Waals surface area contributed by atoms with E-state index in [4.69, 9.17) is 4.52 Å². The Balaban J connectivity index is 1.25. The molecule has 1 saturated carbocycles. The van der Waals surface area contributed by atoms with Crippen molar-refractivity contribution in [2.45, 2.75) is 19.6 Å². The molecular formula is C23H24N4O2. The van der Waals surface area contributed by atoms with Crippen LogP contribution in [0.4, 0.5) is 0 Å². The number of piperidine rings is 1. The highest BCUT2D eigenvalue weighted by atomic mass is 16.5. The van der Waals surface area contributed by atoms with Crippen LogP contribution >= 0.6 is 0 Å². The van der Waals surface area contributed by atoms with Gasteiger partial charge < -0.3 is 19.1 Å². The zero-order chi connectivity index (χ0) is 20.0. The van der Waals surface area contributed by atoms with Crippen LogP contribution in [0.15, 0.2) is 47.2 Å². The first-order valence-corrected chi connectivity index (χ1v) is 10.0. The second kappa shape index (κ2) is 7.18. The number of rotatable bonds is 4. The van der Waals surface area contributed by atoms with Crippen molar-refractivity contribution in [3.05, 3.63) is 59.8 Å². The van der Waals surface area contributed by atoms with Crippen LogP contribution in [0.2, 0.25) is 0 Å². The molecule has 29 heavy (non-hydrogen) atoms. The Morgan fingerprint density at radius 3 is 2.72 bits per heavy atom. The van der Waals surface area contributed by atoms with Gasteiger partial charge in [0.1, 0.15) is 17.6 Å². The first-order chi connectivity index (χ1) is 14.1. The summed E-state index contributed by atoms with van der Waals surface area (Å²) < 4.78 is 7.39. The van der Waals surface area contributed by atoms with E-state index in [1.165, 1.54) is 13.1 Å². The van der Waals surface area contributed by atoms with Crippen LogP contribution < -0.4 is 0 Å². The molecule has 4 atom stereocenters. The van der Waals surface area contributed by atoms with Crippen LogP contribution in [0.1, 0.15) is 30.1 Å². The summed E-state index contributed by atoms with van der Waals surface area (Å²) >= 11 is 0. The number of fused-ring (bicyclic) bond motifs is 1. The van der Waals surface area contributed by atoms with Gasteiger partial charge in [-0.1, -0.05) is 17.0 Å². The highest BCUT2D eigenvalue weighted by molar-refractivity contribution is 5.59. The molecule has 0 radical (unpaired) electrons. The van der Waals surface area contributed by atoms with Crippen molar-refractivity contribution in [2.75, 3.05) is 20.1 Å². The Bertz CT molecular complexity index is 1060. The lowest BCUT2D eigenvalue weighted by atomic mass is 10.1. The van der Waals surface area contributed by atoms with E-state index in [2.05, 4.69) is 33.9 Å². The van der Waals surface area contributed by atoms with Gasteiger partial charge in [-0.25, -0.2) is 4.98 Å². The molecule has 1 aliphatic heterocycles. The number of hydrogen-bond donors (Lipinski definition) is 1. The Morgan fingerprint density at radius 2 is 2.00 bits per heavy atom. The number of nitrogens with zero attached hydrogens (tertiary/aromatic N) is 4. The summed E-state index contributed by atoms with van der Waals surface area (Å²) in [5.41, 5.74) is 2.79. The van der Waals surface area contributed by atoms with Crippen molar-refractivity contribution in [3.8, 4) is 23.2 Å². The summed E-state index contributed by atoms with van der Waals surface area (Å²) in [6, 6.07) is 10.0. The van der Waals surface area contributed by atoms with Crippen LogP contribution in [0.25, 0.3) is 11.3 Å². The van der Waals surface area contributed by atoms with Gasteiger partial charge in [0, 0.05) is 48.6 Å². The molecule has 148 valence electrons. The third-order valence-electron chi connectivity index (χ3n) is 5.94. The van der Waals surface area contributed by atoms with E-state index < -0.39 is 6.10 Å². The highest BCUT2D eigenvalue weighted by Crippen LogP contribution is 2.50. The van der Waals surface area contributed by atoms with E-state index in [1.54, 1.807) is 13.1 Å². The topological polar surface area (TPSA) is 67.3 Å². The fourth-order valence-corrected chi connectivity index (χ4v) is 4.35. The lowest BCUT2D eigenvalue weighted by molar-refractivity contribution is 0.184. The van der Waals surface area contributed by atoms with Crippen LogP contribution in [0.5, 0.6) is 0 Å². The number of hydrogen-bond acceptors (Lipinski definition) is 5. The van der Waals surface area contributed by atoms with E-state index in [-0.39, 0.29) is 0 Å². The summed E-state index contributed by atoms with van der Waals surface area (Å²) in [6.07, 6.45) is 2.88. The third kappa shape index (κ3) is 3.59. The Kier molecular flexibility index (Phi) is 4.50.